The minimum atomic E-state index is -0.0569. The summed E-state index contributed by atoms with van der Waals surface area (Å²) in [6.07, 6.45) is 6.69. The largest absolute Gasteiger partial charge is 0.487 e. The van der Waals surface area contributed by atoms with Gasteiger partial charge >= 0.3 is 0 Å². The van der Waals surface area contributed by atoms with Crippen molar-refractivity contribution >= 4 is 23.2 Å². The molecule has 0 N–H and O–H groups in total. The zero-order valence-corrected chi connectivity index (χ0v) is 14.1. The number of nitrogens with zero attached hydrogens (tertiary/aromatic N) is 3. The van der Waals surface area contributed by atoms with Gasteiger partial charge in [0, 0.05) is 18.1 Å². The molecule has 3 rings (SSSR count). The van der Waals surface area contributed by atoms with Crippen LogP contribution in [0.3, 0.4) is 0 Å². The molecule has 0 amide bonds. The number of carbonyl (C=O) groups is 1. The Labute approximate surface area is 144 Å². The zero-order chi connectivity index (χ0) is 16.8. The summed E-state index contributed by atoms with van der Waals surface area (Å²) in [5, 5.41) is 6.07. The Bertz CT molecular complexity index is 820. The summed E-state index contributed by atoms with van der Waals surface area (Å²) in [5.74, 6) is 0.717. The monoisotopic (exact) mass is 339 g/mol. The lowest BCUT2D eigenvalue weighted by Gasteiger charge is -2.04. The van der Waals surface area contributed by atoms with Crippen LogP contribution in [0.25, 0.3) is 6.08 Å². The zero-order valence-electron chi connectivity index (χ0n) is 13.3. The molecular weight excluding hydrogens is 322 g/mol. The Hall–Kier alpha value is -2.73. The lowest BCUT2D eigenvalue weighted by atomic mass is 10.1. The quantitative estimate of drug-likeness (QED) is 0.485. The number of ketones is 1. The Balaban J connectivity index is 1.57. The van der Waals surface area contributed by atoms with Crippen LogP contribution in [0.4, 0.5) is 0 Å². The van der Waals surface area contributed by atoms with E-state index in [9.17, 15) is 4.79 Å². The molecule has 5 nitrogen and oxygen atoms in total. The van der Waals surface area contributed by atoms with Crippen LogP contribution >= 0.6 is 11.3 Å². The maximum absolute atomic E-state index is 12.1. The molecule has 2 heterocycles. The predicted octanol–water partition coefficient (Wildman–Crippen LogP) is 3.83. The third-order valence-corrected chi connectivity index (χ3v) is 4.05. The summed E-state index contributed by atoms with van der Waals surface area (Å²) >= 11 is 1.55. The first kappa shape index (κ1) is 16.1. The van der Waals surface area contributed by atoms with E-state index in [1.165, 1.54) is 0 Å². The van der Waals surface area contributed by atoms with Gasteiger partial charge in [0.25, 0.3) is 0 Å². The number of allylic oxidation sites excluding steroid dienone is 1. The predicted molar refractivity (Wildman–Crippen MR) is 94.2 cm³/mol. The second kappa shape index (κ2) is 7.70. The molecule has 0 atom stereocenters. The Morgan fingerprint density at radius 3 is 2.83 bits per heavy atom. The highest BCUT2D eigenvalue weighted by Gasteiger charge is 2.04. The average Bonchev–Trinajstić information content (AvgIpc) is 3.30. The number of aromatic nitrogens is 3. The van der Waals surface area contributed by atoms with Gasteiger partial charge in [-0.1, -0.05) is 18.2 Å². The fourth-order valence-corrected chi connectivity index (χ4v) is 2.62. The minimum absolute atomic E-state index is 0.0569. The van der Waals surface area contributed by atoms with Gasteiger partial charge in [0.1, 0.15) is 12.4 Å². The van der Waals surface area contributed by atoms with Gasteiger partial charge in [-0.15, -0.1) is 11.3 Å². The van der Waals surface area contributed by atoms with Crippen LogP contribution in [0.5, 0.6) is 5.75 Å². The fraction of sp³-hybridized carbons (Fsp3) is 0.167. The number of carbonyl (C=O) groups excluding carboxylic acids is 1. The van der Waals surface area contributed by atoms with E-state index < -0.39 is 0 Å². The Kier molecular flexibility index (Phi) is 5.18. The molecule has 2 aromatic heterocycles. The van der Waals surface area contributed by atoms with Gasteiger partial charge in [-0.05, 0) is 30.7 Å². The normalized spacial score (nSPS) is 11.0. The van der Waals surface area contributed by atoms with Crippen molar-refractivity contribution in [3.05, 3.63) is 70.4 Å². The number of thiazole rings is 1. The van der Waals surface area contributed by atoms with Crippen molar-refractivity contribution in [1.82, 2.24) is 14.8 Å². The molecule has 6 heteroatoms. The second-order valence-electron chi connectivity index (χ2n) is 5.12. The molecule has 0 unspecified atom stereocenters. The molecule has 0 aliphatic heterocycles. The molecule has 0 spiro atoms. The molecular formula is C18H17N3O2S. The van der Waals surface area contributed by atoms with Crippen LogP contribution in [0.1, 0.15) is 28.5 Å². The number of hydrogen-bond donors (Lipinski definition) is 0. The lowest BCUT2D eigenvalue weighted by Crippen LogP contribution is -1.95. The van der Waals surface area contributed by atoms with E-state index in [4.69, 9.17) is 4.74 Å². The van der Waals surface area contributed by atoms with Gasteiger partial charge in [0.15, 0.2) is 5.78 Å². The molecule has 0 radical (unpaired) electrons. The van der Waals surface area contributed by atoms with Gasteiger partial charge in [0.2, 0.25) is 0 Å². The van der Waals surface area contributed by atoms with Gasteiger partial charge in [-0.25, -0.2) is 4.98 Å². The van der Waals surface area contributed by atoms with Crippen LogP contribution in [-0.4, -0.2) is 20.5 Å². The van der Waals surface area contributed by atoms with Crippen LogP contribution in [-0.2, 0) is 13.2 Å². The first-order chi connectivity index (χ1) is 11.7. The van der Waals surface area contributed by atoms with Gasteiger partial charge in [0.05, 0.1) is 23.0 Å². The van der Waals surface area contributed by atoms with Crippen LogP contribution < -0.4 is 4.74 Å². The van der Waals surface area contributed by atoms with Gasteiger partial charge < -0.3 is 4.74 Å². The van der Waals surface area contributed by atoms with Crippen LogP contribution in [0, 0.1) is 0 Å². The van der Waals surface area contributed by atoms with Crippen LogP contribution in [0.15, 0.2) is 53.6 Å². The maximum Gasteiger partial charge on any atom is 0.189 e. The first-order valence-corrected chi connectivity index (χ1v) is 8.53. The van der Waals surface area contributed by atoms with E-state index in [-0.39, 0.29) is 5.78 Å². The van der Waals surface area contributed by atoms with Crippen molar-refractivity contribution in [3.8, 4) is 5.75 Å². The van der Waals surface area contributed by atoms with Gasteiger partial charge in [-0.2, -0.15) is 5.10 Å². The molecule has 122 valence electrons. The molecule has 0 aliphatic rings. The molecule has 0 aliphatic carbocycles. The smallest absolute Gasteiger partial charge is 0.189 e. The number of hydrogen-bond acceptors (Lipinski definition) is 5. The second-order valence-corrected chi connectivity index (χ2v) is 5.84. The highest BCUT2D eigenvalue weighted by Crippen LogP contribution is 2.15. The Morgan fingerprint density at radius 1 is 1.33 bits per heavy atom. The molecule has 0 saturated carbocycles. The SMILES string of the molecule is CCn1cc(C(=O)/C=C\c2ccc(OCc3cscn3)cc2)cn1. The summed E-state index contributed by atoms with van der Waals surface area (Å²) in [4.78, 5) is 16.2. The number of ether oxygens (including phenoxy) is 1. The summed E-state index contributed by atoms with van der Waals surface area (Å²) in [6.45, 7) is 3.19. The van der Waals surface area contributed by atoms with Crippen molar-refractivity contribution < 1.29 is 9.53 Å². The number of benzene rings is 1. The van der Waals surface area contributed by atoms with E-state index in [2.05, 4.69) is 10.1 Å². The summed E-state index contributed by atoms with van der Waals surface area (Å²) < 4.78 is 7.39. The summed E-state index contributed by atoms with van der Waals surface area (Å²) in [7, 11) is 0. The number of rotatable bonds is 7. The van der Waals surface area contributed by atoms with E-state index in [0.29, 0.717) is 12.2 Å². The highest BCUT2D eigenvalue weighted by molar-refractivity contribution is 7.07. The van der Waals surface area contributed by atoms with E-state index in [1.807, 2.05) is 36.6 Å². The molecule has 1 aromatic carbocycles. The Morgan fingerprint density at radius 2 is 2.17 bits per heavy atom. The van der Waals surface area contributed by atoms with E-state index in [0.717, 1.165) is 23.6 Å². The number of aryl methyl sites for hydroxylation is 1. The molecule has 24 heavy (non-hydrogen) atoms. The van der Waals surface area contributed by atoms with Crippen molar-refractivity contribution in [2.45, 2.75) is 20.1 Å². The first-order valence-electron chi connectivity index (χ1n) is 7.59. The van der Waals surface area contributed by atoms with Crippen molar-refractivity contribution in [1.29, 1.82) is 0 Å². The lowest BCUT2D eigenvalue weighted by molar-refractivity contribution is 0.104. The van der Waals surface area contributed by atoms with Crippen LogP contribution in [0.2, 0.25) is 0 Å². The summed E-state index contributed by atoms with van der Waals surface area (Å²) in [6, 6.07) is 7.59. The summed E-state index contributed by atoms with van der Waals surface area (Å²) in [5.41, 5.74) is 4.24. The molecule has 0 saturated heterocycles. The van der Waals surface area contributed by atoms with E-state index in [1.54, 1.807) is 46.1 Å². The molecule has 3 aromatic rings. The van der Waals surface area contributed by atoms with Gasteiger partial charge in [-0.3, -0.25) is 9.48 Å². The van der Waals surface area contributed by atoms with Crippen molar-refractivity contribution in [3.63, 3.8) is 0 Å². The molecule has 0 bridgehead atoms. The topological polar surface area (TPSA) is 57.0 Å². The average molecular weight is 339 g/mol. The van der Waals surface area contributed by atoms with Crippen molar-refractivity contribution in [2.75, 3.05) is 0 Å². The third-order valence-electron chi connectivity index (χ3n) is 3.42. The molecule has 0 fully saturated rings. The maximum atomic E-state index is 12.1. The van der Waals surface area contributed by atoms with Crippen molar-refractivity contribution in [2.24, 2.45) is 0 Å². The highest BCUT2D eigenvalue weighted by atomic mass is 32.1. The standard InChI is InChI=1S/C18H17N3O2S/c1-2-21-10-15(9-20-21)18(22)8-5-14-3-6-17(7-4-14)23-11-16-12-24-13-19-16/h3-10,12-13H,2,11H2,1H3/b8-5-. The van der Waals surface area contributed by atoms with E-state index >= 15 is 0 Å². The minimum Gasteiger partial charge on any atom is -0.487 e. The third kappa shape index (κ3) is 4.17. The fourth-order valence-electron chi connectivity index (χ4n) is 2.07.